The van der Waals surface area contributed by atoms with Crippen molar-refractivity contribution >= 4 is 18.3 Å². The minimum Gasteiger partial charge on any atom is -0.497 e. The van der Waals surface area contributed by atoms with Crippen LogP contribution in [-0.4, -0.2) is 32.1 Å². The summed E-state index contributed by atoms with van der Waals surface area (Å²) >= 11 is 0. The Hall–Kier alpha value is -1.33. The van der Waals surface area contributed by atoms with Gasteiger partial charge < -0.3 is 15.4 Å². The Morgan fingerprint density at radius 3 is 2.82 bits per heavy atom. The van der Waals surface area contributed by atoms with Gasteiger partial charge in [0.1, 0.15) is 11.6 Å². The number of hydrogen-bond donors (Lipinski definition) is 2. The van der Waals surface area contributed by atoms with Crippen LogP contribution >= 0.6 is 12.4 Å². The SMILES string of the molecule is COc1ccc(C(=O)NCC2NCCCC2(C)C)c(F)c1.Cl. The molecule has 1 aromatic carbocycles. The van der Waals surface area contributed by atoms with Crippen molar-refractivity contribution in [3.8, 4) is 5.75 Å². The van der Waals surface area contributed by atoms with E-state index in [0.29, 0.717) is 12.3 Å². The average molecular weight is 331 g/mol. The van der Waals surface area contributed by atoms with Crippen LogP contribution in [0.1, 0.15) is 37.0 Å². The summed E-state index contributed by atoms with van der Waals surface area (Å²) in [6.45, 7) is 5.83. The van der Waals surface area contributed by atoms with Gasteiger partial charge in [-0.3, -0.25) is 4.79 Å². The van der Waals surface area contributed by atoms with Crippen LogP contribution in [0.2, 0.25) is 0 Å². The number of ether oxygens (including phenoxy) is 1. The van der Waals surface area contributed by atoms with E-state index < -0.39 is 11.7 Å². The third-order valence-electron chi connectivity index (χ3n) is 4.22. The summed E-state index contributed by atoms with van der Waals surface area (Å²) in [6, 6.07) is 4.46. The molecule has 6 heteroatoms. The maximum absolute atomic E-state index is 13.8. The fourth-order valence-corrected chi connectivity index (χ4v) is 2.72. The Balaban J connectivity index is 0.00000242. The first kappa shape index (κ1) is 18.7. The molecule has 0 aliphatic carbocycles. The normalized spacial score (nSPS) is 19.9. The zero-order valence-electron chi connectivity index (χ0n) is 13.2. The van der Waals surface area contributed by atoms with Crippen LogP contribution in [0.25, 0.3) is 0 Å². The molecule has 0 radical (unpaired) electrons. The van der Waals surface area contributed by atoms with Gasteiger partial charge in [0, 0.05) is 18.7 Å². The second-order valence-electron chi connectivity index (χ2n) is 6.15. The predicted molar refractivity (Wildman–Crippen MR) is 87.3 cm³/mol. The highest BCUT2D eigenvalue weighted by Gasteiger charge is 2.32. The monoisotopic (exact) mass is 330 g/mol. The third kappa shape index (κ3) is 4.34. The van der Waals surface area contributed by atoms with Crippen molar-refractivity contribution in [3.05, 3.63) is 29.6 Å². The van der Waals surface area contributed by atoms with E-state index in [1.165, 1.54) is 19.2 Å². The summed E-state index contributed by atoms with van der Waals surface area (Å²) in [7, 11) is 1.46. The van der Waals surface area contributed by atoms with E-state index in [2.05, 4.69) is 24.5 Å². The lowest BCUT2D eigenvalue weighted by molar-refractivity contribution is 0.0925. The first-order valence-corrected chi connectivity index (χ1v) is 7.29. The van der Waals surface area contributed by atoms with E-state index in [4.69, 9.17) is 4.74 Å². The Labute approximate surface area is 137 Å². The van der Waals surface area contributed by atoms with Gasteiger partial charge in [0.15, 0.2) is 0 Å². The fourth-order valence-electron chi connectivity index (χ4n) is 2.72. The van der Waals surface area contributed by atoms with Crippen LogP contribution in [0, 0.1) is 11.2 Å². The van der Waals surface area contributed by atoms with Gasteiger partial charge in [0.25, 0.3) is 5.91 Å². The molecule has 1 unspecified atom stereocenters. The molecule has 1 heterocycles. The van der Waals surface area contributed by atoms with Gasteiger partial charge in [-0.25, -0.2) is 4.39 Å². The van der Waals surface area contributed by atoms with E-state index in [0.717, 1.165) is 19.4 Å². The van der Waals surface area contributed by atoms with Crippen LogP contribution < -0.4 is 15.4 Å². The molecule has 4 nitrogen and oxygen atoms in total. The molecule has 2 N–H and O–H groups in total. The molecular formula is C16H24ClFN2O2. The van der Waals surface area contributed by atoms with Crippen molar-refractivity contribution in [2.45, 2.75) is 32.7 Å². The van der Waals surface area contributed by atoms with Gasteiger partial charge in [-0.1, -0.05) is 13.8 Å². The molecule has 1 aromatic rings. The molecule has 1 aliphatic heterocycles. The molecule has 1 aliphatic rings. The first-order chi connectivity index (χ1) is 9.94. The summed E-state index contributed by atoms with van der Waals surface area (Å²) in [5.74, 6) is -0.555. The maximum atomic E-state index is 13.8. The second kappa shape index (κ2) is 7.79. The number of carbonyl (C=O) groups excluding carboxylic acids is 1. The van der Waals surface area contributed by atoms with E-state index >= 15 is 0 Å². The number of hydrogen-bond acceptors (Lipinski definition) is 3. The number of nitrogens with one attached hydrogen (secondary N) is 2. The first-order valence-electron chi connectivity index (χ1n) is 7.29. The van der Waals surface area contributed by atoms with E-state index in [1.807, 2.05) is 0 Å². The van der Waals surface area contributed by atoms with Gasteiger partial charge in [-0.2, -0.15) is 0 Å². The molecule has 1 amide bonds. The topological polar surface area (TPSA) is 50.4 Å². The largest absolute Gasteiger partial charge is 0.497 e. The van der Waals surface area contributed by atoms with Crippen molar-refractivity contribution in [1.29, 1.82) is 0 Å². The minimum atomic E-state index is -0.567. The summed E-state index contributed by atoms with van der Waals surface area (Å²) < 4.78 is 18.8. The lowest BCUT2D eigenvalue weighted by atomic mass is 9.77. The fraction of sp³-hybridized carbons (Fsp3) is 0.562. The molecule has 22 heavy (non-hydrogen) atoms. The van der Waals surface area contributed by atoms with Crippen LogP contribution in [0.5, 0.6) is 5.75 Å². The smallest absolute Gasteiger partial charge is 0.254 e. The van der Waals surface area contributed by atoms with Gasteiger partial charge in [0.05, 0.1) is 12.7 Å². The molecule has 0 aromatic heterocycles. The van der Waals surface area contributed by atoms with E-state index in [9.17, 15) is 9.18 Å². The van der Waals surface area contributed by atoms with Crippen LogP contribution in [-0.2, 0) is 0 Å². The molecular weight excluding hydrogens is 307 g/mol. The van der Waals surface area contributed by atoms with Crippen molar-refractivity contribution in [2.75, 3.05) is 20.2 Å². The lowest BCUT2D eigenvalue weighted by Gasteiger charge is -2.39. The number of piperidine rings is 1. The quantitative estimate of drug-likeness (QED) is 0.892. The molecule has 1 atom stereocenters. The summed E-state index contributed by atoms with van der Waals surface area (Å²) in [5, 5.41) is 6.24. The minimum absolute atomic E-state index is 0. The lowest BCUT2D eigenvalue weighted by Crippen LogP contribution is -2.52. The van der Waals surface area contributed by atoms with Crippen LogP contribution in [0.4, 0.5) is 4.39 Å². The second-order valence-corrected chi connectivity index (χ2v) is 6.15. The van der Waals surface area contributed by atoms with Crippen molar-refractivity contribution in [2.24, 2.45) is 5.41 Å². The van der Waals surface area contributed by atoms with Gasteiger partial charge in [-0.15, -0.1) is 12.4 Å². The maximum Gasteiger partial charge on any atom is 0.254 e. The third-order valence-corrected chi connectivity index (χ3v) is 4.22. The van der Waals surface area contributed by atoms with Crippen LogP contribution in [0.15, 0.2) is 18.2 Å². The number of halogens is 2. The van der Waals surface area contributed by atoms with Gasteiger partial charge in [-0.05, 0) is 36.9 Å². The average Bonchev–Trinajstić information content (AvgIpc) is 2.45. The van der Waals surface area contributed by atoms with Crippen LogP contribution in [0.3, 0.4) is 0 Å². The molecule has 124 valence electrons. The van der Waals surface area contributed by atoms with Crippen molar-refractivity contribution in [1.82, 2.24) is 10.6 Å². The van der Waals surface area contributed by atoms with Gasteiger partial charge >= 0.3 is 0 Å². The molecule has 1 saturated heterocycles. The summed E-state index contributed by atoms with van der Waals surface area (Å²) in [6.07, 6.45) is 2.27. The standard InChI is InChI=1S/C16H23FN2O2.ClH/c1-16(2)7-4-8-18-14(16)10-19-15(20)12-6-5-11(21-3)9-13(12)17;/h5-6,9,14,18H,4,7-8,10H2,1-3H3,(H,19,20);1H. The summed E-state index contributed by atoms with van der Waals surface area (Å²) in [4.78, 5) is 12.1. The van der Waals surface area contributed by atoms with Crippen molar-refractivity contribution < 1.29 is 13.9 Å². The Morgan fingerprint density at radius 1 is 1.50 bits per heavy atom. The molecule has 1 fully saturated rings. The highest BCUT2D eigenvalue weighted by Crippen LogP contribution is 2.29. The zero-order valence-corrected chi connectivity index (χ0v) is 14.1. The van der Waals surface area contributed by atoms with E-state index in [-0.39, 0.29) is 29.4 Å². The summed E-state index contributed by atoms with van der Waals surface area (Å²) in [5.41, 5.74) is 0.175. The number of methoxy groups -OCH3 is 1. The number of carbonyl (C=O) groups is 1. The highest BCUT2D eigenvalue weighted by atomic mass is 35.5. The molecule has 0 saturated carbocycles. The predicted octanol–water partition coefficient (Wildman–Crippen LogP) is 2.76. The molecule has 0 bridgehead atoms. The van der Waals surface area contributed by atoms with Gasteiger partial charge in [0.2, 0.25) is 0 Å². The Kier molecular flexibility index (Phi) is 6.63. The Morgan fingerprint density at radius 2 is 2.23 bits per heavy atom. The number of rotatable bonds is 4. The van der Waals surface area contributed by atoms with Crippen molar-refractivity contribution in [3.63, 3.8) is 0 Å². The number of benzene rings is 1. The zero-order chi connectivity index (χ0) is 15.5. The highest BCUT2D eigenvalue weighted by molar-refractivity contribution is 5.94. The molecule has 2 rings (SSSR count). The van der Waals surface area contributed by atoms with E-state index in [1.54, 1.807) is 6.07 Å². The Bertz CT molecular complexity index is 523. The molecule has 0 spiro atoms. The number of amides is 1.